The molecule has 3 rings (SSSR count). The van der Waals surface area contributed by atoms with E-state index in [1.54, 1.807) is 60.8 Å². The van der Waals surface area contributed by atoms with Gasteiger partial charge in [0.15, 0.2) is 0 Å². The van der Waals surface area contributed by atoms with Crippen molar-refractivity contribution in [3.05, 3.63) is 79.1 Å². The lowest BCUT2D eigenvalue weighted by molar-refractivity contribution is -0.114. The standard InChI is InChI=1S/C20H19N3O4S/c1-27-18-11-9-17(10-12-18)23(28(25,26)19-7-3-2-4-8-19)15-20(24)22-16-6-5-13-21-14-16/h2-14H,15H2,1H3,(H,22,24). The normalized spacial score (nSPS) is 10.9. The van der Waals surface area contributed by atoms with Crippen LogP contribution in [0.4, 0.5) is 11.4 Å². The van der Waals surface area contributed by atoms with Gasteiger partial charge in [0.1, 0.15) is 12.3 Å². The van der Waals surface area contributed by atoms with Crippen molar-refractivity contribution in [1.82, 2.24) is 4.98 Å². The summed E-state index contributed by atoms with van der Waals surface area (Å²) >= 11 is 0. The van der Waals surface area contributed by atoms with Crippen LogP contribution >= 0.6 is 0 Å². The minimum atomic E-state index is -3.94. The van der Waals surface area contributed by atoms with Gasteiger partial charge in [-0.2, -0.15) is 0 Å². The number of nitrogens with zero attached hydrogens (tertiary/aromatic N) is 2. The number of aromatic nitrogens is 1. The Morgan fingerprint density at radius 3 is 2.36 bits per heavy atom. The minimum absolute atomic E-state index is 0.0972. The van der Waals surface area contributed by atoms with Gasteiger partial charge in [-0.1, -0.05) is 18.2 Å². The van der Waals surface area contributed by atoms with Crippen LogP contribution in [0.2, 0.25) is 0 Å². The summed E-state index contributed by atoms with van der Waals surface area (Å²) in [6, 6.07) is 17.8. The number of hydrogen-bond donors (Lipinski definition) is 1. The average Bonchev–Trinajstić information content (AvgIpc) is 2.73. The van der Waals surface area contributed by atoms with E-state index >= 15 is 0 Å². The highest BCUT2D eigenvalue weighted by Gasteiger charge is 2.27. The van der Waals surface area contributed by atoms with Crippen molar-refractivity contribution in [3.8, 4) is 5.75 Å². The topological polar surface area (TPSA) is 88.6 Å². The van der Waals surface area contributed by atoms with E-state index in [-0.39, 0.29) is 4.90 Å². The van der Waals surface area contributed by atoms with Gasteiger partial charge < -0.3 is 10.1 Å². The third-order valence-corrected chi connectivity index (χ3v) is 5.71. The van der Waals surface area contributed by atoms with Gasteiger partial charge in [-0.3, -0.25) is 14.1 Å². The quantitative estimate of drug-likeness (QED) is 0.662. The van der Waals surface area contributed by atoms with E-state index in [1.807, 2.05) is 0 Å². The molecule has 0 saturated carbocycles. The number of carbonyl (C=O) groups is 1. The van der Waals surface area contributed by atoms with Gasteiger partial charge in [0, 0.05) is 6.20 Å². The Morgan fingerprint density at radius 1 is 1.04 bits per heavy atom. The predicted octanol–water partition coefficient (Wildman–Crippen LogP) is 2.92. The van der Waals surface area contributed by atoms with Crippen LogP contribution in [0.15, 0.2) is 84.0 Å². The van der Waals surface area contributed by atoms with Crippen molar-refractivity contribution in [1.29, 1.82) is 0 Å². The lowest BCUT2D eigenvalue weighted by Gasteiger charge is -2.24. The van der Waals surface area contributed by atoms with Crippen LogP contribution in [0, 0.1) is 0 Å². The summed E-state index contributed by atoms with van der Waals surface area (Å²) in [5.41, 5.74) is 0.838. The Morgan fingerprint density at radius 2 is 1.75 bits per heavy atom. The number of rotatable bonds is 7. The maximum atomic E-state index is 13.2. The molecule has 28 heavy (non-hydrogen) atoms. The number of carbonyl (C=O) groups excluding carboxylic acids is 1. The average molecular weight is 397 g/mol. The lowest BCUT2D eigenvalue weighted by atomic mass is 10.3. The fraction of sp³-hybridized carbons (Fsp3) is 0.100. The van der Waals surface area contributed by atoms with Crippen molar-refractivity contribution >= 4 is 27.3 Å². The second-order valence-electron chi connectivity index (χ2n) is 5.81. The molecule has 0 unspecified atom stereocenters. The van der Waals surface area contributed by atoms with Crippen molar-refractivity contribution in [2.45, 2.75) is 4.90 Å². The van der Waals surface area contributed by atoms with Crippen LogP contribution < -0.4 is 14.4 Å². The second kappa shape index (κ2) is 8.53. The molecule has 0 saturated heterocycles. The Hall–Kier alpha value is -3.39. The third kappa shape index (κ3) is 4.47. The Balaban J connectivity index is 1.93. The highest BCUT2D eigenvalue weighted by Crippen LogP contribution is 2.25. The van der Waals surface area contributed by atoms with Crippen LogP contribution in [-0.2, 0) is 14.8 Å². The maximum Gasteiger partial charge on any atom is 0.264 e. The molecule has 0 aliphatic heterocycles. The number of amides is 1. The fourth-order valence-electron chi connectivity index (χ4n) is 2.55. The summed E-state index contributed by atoms with van der Waals surface area (Å²) < 4.78 is 32.5. The number of nitrogens with one attached hydrogen (secondary N) is 1. The summed E-state index contributed by atoms with van der Waals surface area (Å²) in [4.78, 5) is 16.6. The van der Waals surface area contributed by atoms with E-state index in [1.165, 1.54) is 25.4 Å². The Labute approximate surface area is 163 Å². The number of ether oxygens (including phenoxy) is 1. The maximum absolute atomic E-state index is 13.2. The summed E-state index contributed by atoms with van der Waals surface area (Å²) in [5.74, 6) is 0.101. The first-order chi connectivity index (χ1) is 13.5. The largest absolute Gasteiger partial charge is 0.497 e. The molecule has 144 valence electrons. The SMILES string of the molecule is COc1ccc(N(CC(=O)Nc2cccnc2)S(=O)(=O)c2ccccc2)cc1. The Kier molecular flexibility index (Phi) is 5.90. The summed E-state index contributed by atoms with van der Waals surface area (Å²) in [6.07, 6.45) is 3.07. The molecule has 0 spiro atoms. The first kappa shape index (κ1) is 19.4. The van der Waals surface area contributed by atoms with Crippen LogP contribution in [0.3, 0.4) is 0 Å². The highest BCUT2D eigenvalue weighted by atomic mass is 32.2. The van der Waals surface area contributed by atoms with Crippen LogP contribution in [-0.4, -0.2) is 33.0 Å². The van der Waals surface area contributed by atoms with E-state index in [0.29, 0.717) is 17.1 Å². The monoisotopic (exact) mass is 397 g/mol. The molecule has 0 fully saturated rings. The second-order valence-corrected chi connectivity index (χ2v) is 7.67. The lowest BCUT2D eigenvalue weighted by Crippen LogP contribution is -2.38. The molecule has 1 aromatic heterocycles. The third-order valence-electron chi connectivity index (χ3n) is 3.92. The van der Waals surface area contributed by atoms with Gasteiger partial charge in [0.2, 0.25) is 5.91 Å². The molecule has 2 aromatic carbocycles. The molecule has 0 aliphatic carbocycles. The number of sulfonamides is 1. The zero-order chi connectivity index (χ0) is 20.0. The minimum Gasteiger partial charge on any atom is -0.497 e. The fourth-order valence-corrected chi connectivity index (χ4v) is 3.99. The van der Waals surface area contributed by atoms with Gasteiger partial charge in [-0.05, 0) is 48.5 Å². The van der Waals surface area contributed by atoms with Gasteiger partial charge in [-0.15, -0.1) is 0 Å². The molecule has 0 atom stereocenters. The molecule has 0 aliphatic rings. The van der Waals surface area contributed by atoms with Crippen LogP contribution in [0.1, 0.15) is 0 Å². The number of methoxy groups -OCH3 is 1. The molecule has 1 N–H and O–H groups in total. The number of anilines is 2. The summed E-state index contributed by atoms with van der Waals surface area (Å²) in [6.45, 7) is -0.390. The van der Waals surface area contributed by atoms with Crippen molar-refractivity contribution in [2.75, 3.05) is 23.3 Å². The molecule has 1 heterocycles. The zero-order valence-corrected chi connectivity index (χ0v) is 16.0. The van der Waals surface area contributed by atoms with E-state index in [0.717, 1.165) is 4.31 Å². The van der Waals surface area contributed by atoms with E-state index in [2.05, 4.69) is 10.3 Å². The van der Waals surface area contributed by atoms with E-state index < -0.39 is 22.5 Å². The van der Waals surface area contributed by atoms with Crippen molar-refractivity contribution in [2.24, 2.45) is 0 Å². The first-order valence-corrected chi connectivity index (χ1v) is 9.86. The molecule has 8 heteroatoms. The highest BCUT2D eigenvalue weighted by molar-refractivity contribution is 7.92. The van der Waals surface area contributed by atoms with Crippen LogP contribution in [0.5, 0.6) is 5.75 Å². The summed E-state index contributed by atoms with van der Waals surface area (Å²) in [7, 11) is -2.42. The van der Waals surface area contributed by atoms with Gasteiger partial charge in [0.25, 0.3) is 10.0 Å². The van der Waals surface area contributed by atoms with Crippen LogP contribution in [0.25, 0.3) is 0 Å². The molecule has 0 bridgehead atoms. The molecular weight excluding hydrogens is 378 g/mol. The number of benzene rings is 2. The number of pyridine rings is 1. The smallest absolute Gasteiger partial charge is 0.264 e. The Bertz CT molecular complexity index is 1020. The molecule has 7 nitrogen and oxygen atoms in total. The van der Waals surface area contributed by atoms with Gasteiger partial charge >= 0.3 is 0 Å². The van der Waals surface area contributed by atoms with E-state index in [9.17, 15) is 13.2 Å². The molecular formula is C20H19N3O4S. The van der Waals surface area contributed by atoms with Crippen molar-refractivity contribution < 1.29 is 17.9 Å². The zero-order valence-electron chi connectivity index (χ0n) is 15.1. The number of hydrogen-bond acceptors (Lipinski definition) is 5. The summed E-state index contributed by atoms with van der Waals surface area (Å²) in [5, 5.41) is 2.66. The van der Waals surface area contributed by atoms with Gasteiger partial charge in [-0.25, -0.2) is 8.42 Å². The molecule has 0 radical (unpaired) electrons. The van der Waals surface area contributed by atoms with Crippen molar-refractivity contribution in [3.63, 3.8) is 0 Å². The predicted molar refractivity (Wildman–Crippen MR) is 107 cm³/mol. The van der Waals surface area contributed by atoms with Gasteiger partial charge in [0.05, 0.1) is 29.6 Å². The first-order valence-electron chi connectivity index (χ1n) is 8.42. The molecule has 3 aromatic rings. The van der Waals surface area contributed by atoms with E-state index in [4.69, 9.17) is 4.74 Å². The molecule has 1 amide bonds.